The number of carbonyl (C=O) groups excluding carboxylic acids is 2. The second-order valence-electron chi connectivity index (χ2n) is 6.29. The van der Waals surface area contributed by atoms with E-state index in [4.69, 9.17) is 15.9 Å². The van der Waals surface area contributed by atoms with E-state index in [0.717, 1.165) is 38.4 Å². The van der Waals surface area contributed by atoms with Crippen molar-refractivity contribution in [3.8, 4) is 0 Å². The van der Waals surface area contributed by atoms with Crippen molar-refractivity contribution in [2.45, 2.75) is 6.54 Å². The maximum absolute atomic E-state index is 11.8. The molecule has 1 fully saturated rings. The van der Waals surface area contributed by atoms with Crippen molar-refractivity contribution in [1.29, 1.82) is 5.41 Å². The standard InChI is InChI=1S/C18H28N6O3.ClH/c19-18(20)15-3-1-14(2-4-15)11-21-12-16(25)23-13-17(26)22-5-6-24-7-9-27-10-8-24;/h1-4,21H,5-13H2,(H3,19,20)(H,22,26)(H,23,25);1H. The molecule has 0 aromatic heterocycles. The number of morpholine rings is 1. The molecule has 6 N–H and O–H groups in total. The highest BCUT2D eigenvalue weighted by atomic mass is 35.5. The fraction of sp³-hybridized carbons (Fsp3) is 0.500. The molecule has 0 spiro atoms. The molecule has 0 radical (unpaired) electrons. The number of amides is 2. The normalized spacial score (nSPS) is 14.0. The van der Waals surface area contributed by atoms with Crippen LogP contribution in [0.2, 0.25) is 0 Å². The molecule has 156 valence electrons. The second kappa shape index (κ2) is 13.1. The van der Waals surface area contributed by atoms with Crippen LogP contribution in [0.5, 0.6) is 0 Å². The SMILES string of the molecule is Cl.N=C(N)c1ccc(CNCC(=O)NCC(=O)NCCN2CCOCC2)cc1. The quantitative estimate of drug-likeness (QED) is 0.248. The number of hydrogen-bond donors (Lipinski definition) is 5. The van der Waals surface area contributed by atoms with Crippen molar-refractivity contribution < 1.29 is 14.3 Å². The van der Waals surface area contributed by atoms with Crippen LogP contribution >= 0.6 is 12.4 Å². The van der Waals surface area contributed by atoms with Gasteiger partial charge >= 0.3 is 0 Å². The van der Waals surface area contributed by atoms with Gasteiger partial charge in [0.15, 0.2) is 0 Å². The van der Waals surface area contributed by atoms with Crippen LogP contribution in [0.15, 0.2) is 24.3 Å². The molecule has 1 heterocycles. The summed E-state index contributed by atoms with van der Waals surface area (Å²) < 4.78 is 5.27. The summed E-state index contributed by atoms with van der Waals surface area (Å²) >= 11 is 0. The minimum Gasteiger partial charge on any atom is -0.384 e. The first-order valence-corrected chi connectivity index (χ1v) is 9.02. The van der Waals surface area contributed by atoms with Crippen LogP contribution in [0.25, 0.3) is 0 Å². The van der Waals surface area contributed by atoms with Crippen LogP contribution in [0.1, 0.15) is 11.1 Å². The average Bonchev–Trinajstić information content (AvgIpc) is 2.67. The van der Waals surface area contributed by atoms with E-state index in [1.165, 1.54) is 0 Å². The van der Waals surface area contributed by atoms with E-state index in [9.17, 15) is 9.59 Å². The second-order valence-corrected chi connectivity index (χ2v) is 6.29. The third kappa shape index (κ3) is 9.14. The summed E-state index contributed by atoms with van der Waals surface area (Å²) in [5, 5.41) is 15.7. The van der Waals surface area contributed by atoms with Gasteiger partial charge in [0.05, 0.1) is 26.3 Å². The number of rotatable bonds is 10. The van der Waals surface area contributed by atoms with Gasteiger partial charge in [-0.2, -0.15) is 0 Å². The predicted molar refractivity (Wildman–Crippen MR) is 110 cm³/mol. The van der Waals surface area contributed by atoms with Gasteiger partial charge in [-0.25, -0.2) is 0 Å². The Labute approximate surface area is 171 Å². The molecule has 28 heavy (non-hydrogen) atoms. The van der Waals surface area contributed by atoms with Crippen molar-refractivity contribution >= 4 is 30.1 Å². The lowest BCUT2D eigenvalue weighted by Crippen LogP contribution is -2.44. The first-order chi connectivity index (χ1) is 13.0. The van der Waals surface area contributed by atoms with Gasteiger partial charge in [-0.3, -0.25) is 19.9 Å². The number of nitrogens with zero attached hydrogens (tertiary/aromatic N) is 1. The molecule has 1 aromatic carbocycles. The number of benzene rings is 1. The highest BCUT2D eigenvalue weighted by Crippen LogP contribution is 2.03. The molecule has 0 atom stereocenters. The van der Waals surface area contributed by atoms with Crippen molar-refractivity contribution in [2.24, 2.45) is 5.73 Å². The van der Waals surface area contributed by atoms with Crippen LogP contribution in [-0.4, -0.2) is 75.0 Å². The fourth-order valence-electron chi connectivity index (χ4n) is 2.60. The fourth-order valence-corrected chi connectivity index (χ4v) is 2.60. The van der Waals surface area contributed by atoms with Crippen molar-refractivity contribution in [2.75, 3.05) is 52.5 Å². The Morgan fingerprint density at radius 1 is 1.07 bits per heavy atom. The van der Waals surface area contributed by atoms with Crippen LogP contribution in [0, 0.1) is 5.41 Å². The molecule has 1 aliphatic rings. The minimum atomic E-state index is -0.237. The molecule has 0 saturated carbocycles. The Hall–Kier alpha value is -2.20. The van der Waals surface area contributed by atoms with E-state index in [1.54, 1.807) is 12.1 Å². The Morgan fingerprint density at radius 3 is 2.36 bits per heavy atom. The largest absolute Gasteiger partial charge is 0.384 e. The molecule has 9 nitrogen and oxygen atoms in total. The zero-order valence-corrected chi connectivity index (χ0v) is 16.6. The highest BCUT2D eigenvalue weighted by Gasteiger charge is 2.10. The number of amidine groups is 1. The number of carbonyl (C=O) groups is 2. The summed E-state index contributed by atoms with van der Waals surface area (Å²) in [6.07, 6.45) is 0. The average molecular weight is 413 g/mol. The summed E-state index contributed by atoms with van der Waals surface area (Å²) in [6, 6.07) is 7.23. The summed E-state index contributed by atoms with van der Waals surface area (Å²) in [5.74, 6) is -0.410. The number of halogens is 1. The van der Waals surface area contributed by atoms with Gasteiger partial charge in [0.25, 0.3) is 0 Å². The van der Waals surface area contributed by atoms with Gasteiger partial charge in [-0.1, -0.05) is 24.3 Å². The van der Waals surface area contributed by atoms with Crippen molar-refractivity contribution in [1.82, 2.24) is 20.9 Å². The van der Waals surface area contributed by atoms with Gasteiger partial charge in [-0.15, -0.1) is 12.4 Å². The van der Waals surface area contributed by atoms with E-state index in [0.29, 0.717) is 18.7 Å². The van der Waals surface area contributed by atoms with Crippen LogP contribution in [-0.2, 0) is 20.9 Å². The van der Waals surface area contributed by atoms with Crippen LogP contribution < -0.4 is 21.7 Å². The molecule has 1 aliphatic heterocycles. The maximum Gasteiger partial charge on any atom is 0.239 e. The lowest BCUT2D eigenvalue weighted by Gasteiger charge is -2.26. The van der Waals surface area contributed by atoms with E-state index >= 15 is 0 Å². The first-order valence-electron chi connectivity index (χ1n) is 9.02. The monoisotopic (exact) mass is 412 g/mol. The van der Waals surface area contributed by atoms with Gasteiger partial charge < -0.3 is 26.4 Å². The molecule has 10 heteroatoms. The zero-order chi connectivity index (χ0) is 19.5. The Bertz CT molecular complexity index is 635. The Kier molecular flexibility index (Phi) is 11.1. The predicted octanol–water partition coefficient (Wildman–Crippen LogP) is -0.953. The van der Waals surface area contributed by atoms with Gasteiger partial charge in [0.2, 0.25) is 11.8 Å². The van der Waals surface area contributed by atoms with E-state index < -0.39 is 0 Å². The lowest BCUT2D eigenvalue weighted by atomic mass is 10.1. The molecule has 1 saturated heterocycles. The molecule has 0 bridgehead atoms. The third-order valence-electron chi connectivity index (χ3n) is 4.18. The summed E-state index contributed by atoms with van der Waals surface area (Å²) in [6.45, 7) is 5.18. The highest BCUT2D eigenvalue weighted by molar-refractivity contribution is 5.94. The molecule has 0 unspecified atom stereocenters. The molecule has 1 aromatic rings. The number of hydrogen-bond acceptors (Lipinski definition) is 6. The van der Waals surface area contributed by atoms with Crippen LogP contribution in [0.4, 0.5) is 0 Å². The number of nitrogens with two attached hydrogens (primary N) is 1. The third-order valence-corrected chi connectivity index (χ3v) is 4.18. The van der Waals surface area contributed by atoms with Gasteiger partial charge in [0, 0.05) is 38.3 Å². The Morgan fingerprint density at radius 2 is 1.71 bits per heavy atom. The molecule has 2 amide bonds. The number of nitrogens with one attached hydrogen (secondary N) is 4. The van der Waals surface area contributed by atoms with Gasteiger partial charge in [0.1, 0.15) is 5.84 Å². The van der Waals surface area contributed by atoms with Crippen molar-refractivity contribution in [3.63, 3.8) is 0 Å². The van der Waals surface area contributed by atoms with Gasteiger partial charge in [-0.05, 0) is 5.56 Å². The number of ether oxygens (including phenoxy) is 1. The summed E-state index contributed by atoms with van der Waals surface area (Å²) in [5.41, 5.74) is 7.05. The zero-order valence-electron chi connectivity index (χ0n) is 15.8. The smallest absolute Gasteiger partial charge is 0.239 e. The minimum absolute atomic E-state index is 0. The first kappa shape index (κ1) is 23.8. The van der Waals surface area contributed by atoms with Crippen molar-refractivity contribution in [3.05, 3.63) is 35.4 Å². The lowest BCUT2D eigenvalue weighted by molar-refractivity contribution is -0.125. The molecule has 2 rings (SSSR count). The Balaban J connectivity index is 0.00000392. The van der Waals surface area contributed by atoms with E-state index in [-0.39, 0.29) is 43.1 Å². The van der Waals surface area contributed by atoms with Crippen LogP contribution in [0.3, 0.4) is 0 Å². The molecular weight excluding hydrogens is 384 g/mol. The number of nitrogen functional groups attached to an aromatic ring is 1. The summed E-state index contributed by atoms with van der Waals surface area (Å²) in [7, 11) is 0. The van der Waals surface area contributed by atoms with E-state index in [1.807, 2.05) is 12.1 Å². The van der Waals surface area contributed by atoms with E-state index in [2.05, 4.69) is 20.9 Å². The summed E-state index contributed by atoms with van der Waals surface area (Å²) in [4.78, 5) is 25.8. The molecule has 0 aliphatic carbocycles. The maximum atomic E-state index is 11.8. The topological polar surface area (TPSA) is 133 Å². The molecular formula is C18H29ClN6O3.